The maximum absolute atomic E-state index is 11.3. The molecule has 0 N–H and O–H groups in total. The smallest absolute Gasteiger partial charge is 0.311 e. The highest BCUT2D eigenvalue weighted by molar-refractivity contribution is 5.71. The third-order valence-corrected chi connectivity index (χ3v) is 2.40. The van der Waals surface area contributed by atoms with E-state index in [0.717, 1.165) is 6.42 Å². The number of ether oxygens (including phenoxy) is 3. The van der Waals surface area contributed by atoms with Gasteiger partial charge in [0, 0.05) is 0 Å². The lowest BCUT2D eigenvalue weighted by Crippen LogP contribution is -2.20. The topological polar surface area (TPSA) is 44.8 Å². The maximum Gasteiger partial charge on any atom is 0.311 e. The minimum Gasteiger partial charge on any atom is -0.490 e. The summed E-state index contributed by atoms with van der Waals surface area (Å²) in [5.41, 5.74) is 0. The van der Waals surface area contributed by atoms with Crippen molar-refractivity contribution in [3.05, 3.63) is 24.3 Å². The maximum atomic E-state index is 11.3. The van der Waals surface area contributed by atoms with Crippen LogP contribution in [0.3, 0.4) is 0 Å². The molecular weight excluding hydrogens is 232 g/mol. The molecule has 18 heavy (non-hydrogen) atoms. The van der Waals surface area contributed by atoms with Crippen LogP contribution in [0, 0.1) is 5.92 Å². The minimum atomic E-state index is -0.297. The first-order valence-electron chi connectivity index (χ1n) is 6.11. The predicted molar refractivity (Wildman–Crippen MR) is 68.9 cm³/mol. The number of carbonyl (C=O) groups is 1. The molecule has 100 valence electrons. The Morgan fingerprint density at radius 2 is 1.83 bits per heavy atom. The van der Waals surface area contributed by atoms with E-state index < -0.39 is 0 Å². The summed E-state index contributed by atoms with van der Waals surface area (Å²) in [7, 11) is 1.37. The second-order valence-electron chi connectivity index (χ2n) is 4.03. The molecule has 1 unspecified atom stereocenters. The molecule has 0 saturated heterocycles. The minimum absolute atomic E-state index is 0.276. The van der Waals surface area contributed by atoms with E-state index in [9.17, 15) is 4.79 Å². The highest BCUT2D eigenvalue weighted by Crippen LogP contribution is 2.26. The van der Waals surface area contributed by atoms with Crippen LogP contribution in [-0.2, 0) is 9.53 Å². The molecule has 0 aromatic heterocycles. The summed E-state index contributed by atoms with van der Waals surface area (Å²) < 4.78 is 15.8. The van der Waals surface area contributed by atoms with Gasteiger partial charge in [-0.1, -0.05) is 19.1 Å². The van der Waals surface area contributed by atoms with E-state index in [4.69, 9.17) is 9.47 Å². The van der Waals surface area contributed by atoms with Crippen molar-refractivity contribution in [2.75, 3.05) is 20.3 Å². The lowest BCUT2D eigenvalue weighted by molar-refractivity contribution is -0.145. The Bertz CT molecular complexity index is 376. The summed E-state index contributed by atoms with van der Waals surface area (Å²) in [4.78, 5) is 11.3. The van der Waals surface area contributed by atoms with Crippen molar-refractivity contribution in [1.82, 2.24) is 0 Å². The van der Waals surface area contributed by atoms with Gasteiger partial charge in [-0.3, -0.25) is 4.79 Å². The van der Waals surface area contributed by atoms with Crippen molar-refractivity contribution < 1.29 is 19.0 Å². The van der Waals surface area contributed by atoms with Gasteiger partial charge in [0.2, 0.25) is 0 Å². The van der Waals surface area contributed by atoms with E-state index in [1.54, 1.807) is 6.92 Å². The van der Waals surface area contributed by atoms with E-state index in [1.165, 1.54) is 7.11 Å². The van der Waals surface area contributed by atoms with Crippen molar-refractivity contribution in [1.29, 1.82) is 0 Å². The lowest BCUT2D eigenvalue weighted by atomic mass is 10.2. The molecule has 0 amide bonds. The Hall–Kier alpha value is -1.71. The molecule has 4 heteroatoms. The fourth-order valence-corrected chi connectivity index (χ4v) is 1.38. The van der Waals surface area contributed by atoms with Crippen molar-refractivity contribution in [3.8, 4) is 11.5 Å². The zero-order chi connectivity index (χ0) is 13.4. The molecule has 0 saturated carbocycles. The summed E-state index contributed by atoms with van der Waals surface area (Å²) in [5, 5.41) is 0. The van der Waals surface area contributed by atoms with E-state index in [0.29, 0.717) is 18.1 Å². The second-order valence-corrected chi connectivity index (χ2v) is 4.03. The molecular formula is C14H20O4. The summed E-state index contributed by atoms with van der Waals surface area (Å²) in [6, 6.07) is 7.45. The Labute approximate surface area is 108 Å². The summed E-state index contributed by atoms with van der Waals surface area (Å²) in [5.74, 6) is 0.786. The molecule has 0 aliphatic carbocycles. The molecule has 1 rings (SSSR count). The molecule has 1 aromatic carbocycles. The normalized spacial score (nSPS) is 11.7. The van der Waals surface area contributed by atoms with Crippen LogP contribution in [0.1, 0.15) is 20.3 Å². The molecule has 0 bridgehead atoms. The highest BCUT2D eigenvalue weighted by Gasteiger charge is 2.14. The Morgan fingerprint density at radius 1 is 1.22 bits per heavy atom. The number of para-hydroxylation sites is 2. The number of methoxy groups -OCH3 is 1. The van der Waals surface area contributed by atoms with Crippen molar-refractivity contribution in [2.24, 2.45) is 5.92 Å². The van der Waals surface area contributed by atoms with Gasteiger partial charge in [0.05, 0.1) is 19.6 Å². The number of benzene rings is 1. The standard InChI is InChI=1S/C14H20O4/c1-4-9-17-12-7-5-6-8-13(12)18-10-11(2)14(15)16-3/h5-8,11H,4,9-10H2,1-3H3. The summed E-state index contributed by atoms with van der Waals surface area (Å²) >= 11 is 0. The number of carbonyl (C=O) groups excluding carboxylic acids is 1. The average molecular weight is 252 g/mol. The molecule has 0 radical (unpaired) electrons. The van der Waals surface area contributed by atoms with Crippen LogP contribution < -0.4 is 9.47 Å². The van der Waals surface area contributed by atoms with Gasteiger partial charge in [-0.05, 0) is 25.5 Å². The first-order chi connectivity index (χ1) is 8.69. The van der Waals surface area contributed by atoms with Crippen LogP contribution in [0.4, 0.5) is 0 Å². The largest absolute Gasteiger partial charge is 0.490 e. The number of hydrogen-bond acceptors (Lipinski definition) is 4. The van der Waals surface area contributed by atoms with Gasteiger partial charge in [0.25, 0.3) is 0 Å². The molecule has 0 fully saturated rings. The van der Waals surface area contributed by atoms with Crippen molar-refractivity contribution in [2.45, 2.75) is 20.3 Å². The predicted octanol–water partition coefficient (Wildman–Crippen LogP) is 2.66. The Kier molecular flexibility index (Phi) is 6.05. The average Bonchev–Trinajstić information content (AvgIpc) is 2.42. The Balaban J connectivity index is 2.58. The summed E-state index contributed by atoms with van der Waals surface area (Å²) in [6.07, 6.45) is 0.937. The van der Waals surface area contributed by atoms with Crippen molar-refractivity contribution in [3.63, 3.8) is 0 Å². The lowest BCUT2D eigenvalue weighted by Gasteiger charge is -2.14. The molecule has 4 nitrogen and oxygen atoms in total. The molecule has 0 spiro atoms. The van der Waals surface area contributed by atoms with Gasteiger partial charge < -0.3 is 14.2 Å². The van der Waals surface area contributed by atoms with E-state index in [1.807, 2.05) is 31.2 Å². The number of rotatable bonds is 7. The van der Waals surface area contributed by atoms with E-state index in [-0.39, 0.29) is 18.5 Å². The van der Waals surface area contributed by atoms with Gasteiger partial charge >= 0.3 is 5.97 Å². The monoisotopic (exact) mass is 252 g/mol. The third-order valence-electron chi connectivity index (χ3n) is 2.40. The van der Waals surface area contributed by atoms with E-state index >= 15 is 0 Å². The van der Waals surface area contributed by atoms with Crippen LogP contribution in [0.25, 0.3) is 0 Å². The zero-order valence-corrected chi connectivity index (χ0v) is 11.1. The quantitative estimate of drug-likeness (QED) is 0.700. The van der Waals surface area contributed by atoms with Crippen LogP contribution in [-0.4, -0.2) is 26.3 Å². The van der Waals surface area contributed by atoms with Gasteiger partial charge in [0.1, 0.15) is 6.61 Å². The molecule has 1 atom stereocenters. The third kappa shape index (κ3) is 4.28. The molecule has 0 aliphatic rings. The van der Waals surface area contributed by atoms with Crippen LogP contribution >= 0.6 is 0 Å². The fraction of sp³-hybridized carbons (Fsp3) is 0.500. The zero-order valence-electron chi connectivity index (χ0n) is 11.1. The van der Waals surface area contributed by atoms with Crippen molar-refractivity contribution >= 4 is 5.97 Å². The number of hydrogen-bond donors (Lipinski definition) is 0. The molecule has 1 aromatic rings. The first-order valence-corrected chi connectivity index (χ1v) is 6.11. The van der Waals surface area contributed by atoms with Crippen LogP contribution in [0.15, 0.2) is 24.3 Å². The second kappa shape index (κ2) is 7.58. The fourth-order valence-electron chi connectivity index (χ4n) is 1.38. The van der Waals surface area contributed by atoms with Gasteiger partial charge in [-0.25, -0.2) is 0 Å². The summed E-state index contributed by atoms with van der Waals surface area (Å²) in [6.45, 7) is 4.73. The van der Waals surface area contributed by atoms with Gasteiger partial charge in [0.15, 0.2) is 11.5 Å². The Morgan fingerprint density at radius 3 is 2.39 bits per heavy atom. The molecule has 0 aliphatic heterocycles. The highest BCUT2D eigenvalue weighted by atomic mass is 16.5. The molecule has 0 heterocycles. The van der Waals surface area contributed by atoms with Crippen LogP contribution in [0.2, 0.25) is 0 Å². The SMILES string of the molecule is CCCOc1ccccc1OCC(C)C(=O)OC. The number of esters is 1. The van der Waals surface area contributed by atoms with Gasteiger partial charge in [-0.2, -0.15) is 0 Å². The first kappa shape index (κ1) is 14.4. The van der Waals surface area contributed by atoms with Gasteiger partial charge in [-0.15, -0.1) is 0 Å². The van der Waals surface area contributed by atoms with E-state index in [2.05, 4.69) is 4.74 Å². The van der Waals surface area contributed by atoms with Crippen LogP contribution in [0.5, 0.6) is 11.5 Å².